The van der Waals surface area contributed by atoms with Crippen LogP contribution < -0.4 is 5.32 Å². The number of rotatable bonds is 6. The highest BCUT2D eigenvalue weighted by molar-refractivity contribution is 7.99. The highest BCUT2D eigenvalue weighted by Gasteiger charge is 2.30. The molecule has 0 saturated carbocycles. The molecule has 4 heterocycles. The van der Waals surface area contributed by atoms with Crippen molar-refractivity contribution in [2.45, 2.75) is 16.3 Å². The lowest BCUT2D eigenvalue weighted by molar-refractivity contribution is 0.343. The van der Waals surface area contributed by atoms with Gasteiger partial charge < -0.3 is 4.90 Å². The van der Waals surface area contributed by atoms with Crippen LogP contribution in [0.2, 0.25) is 0 Å². The first kappa shape index (κ1) is 19.9. The Labute approximate surface area is 185 Å². The molecule has 4 aromatic rings. The molecular weight excluding hydrogens is 406 g/mol. The van der Waals surface area contributed by atoms with E-state index in [0.717, 1.165) is 45.5 Å². The number of aromatic nitrogens is 5. The molecule has 5 rings (SSSR count). The Kier molecular flexibility index (Phi) is 5.50. The Morgan fingerprint density at radius 2 is 1.87 bits per heavy atom. The molecule has 3 aromatic heterocycles. The first-order valence-electron chi connectivity index (χ1n) is 10.2. The van der Waals surface area contributed by atoms with E-state index in [1.54, 1.807) is 24.2 Å². The van der Waals surface area contributed by atoms with Gasteiger partial charge in [-0.1, -0.05) is 30.3 Å². The summed E-state index contributed by atoms with van der Waals surface area (Å²) >= 11 is 1.55. The SMILES string of the molecule is CN(C)CCNC1c2cc(-c3ccccc3)cnc2Sc2nc(-c3cccnc3)nn21. The summed E-state index contributed by atoms with van der Waals surface area (Å²) in [5.41, 5.74) is 4.25. The van der Waals surface area contributed by atoms with E-state index < -0.39 is 0 Å². The second-order valence-corrected chi connectivity index (χ2v) is 8.61. The van der Waals surface area contributed by atoms with E-state index in [-0.39, 0.29) is 6.17 Å². The fourth-order valence-electron chi connectivity index (χ4n) is 3.54. The average Bonchev–Trinajstić information content (AvgIpc) is 3.23. The van der Waals surface area contributed by atoms with Gasteiger partial charge in [-0.05, 0) is 49.6 Å². The van der Waals surface area contributed by atoms with Crippen LogP contribution in [0.5, 0.6) is 0 Å². The molecule has 0 fully saturated rings. The number of hydrogen-bond acceptors (Lipinski definition) is 7. The van der Waals surface area contributed by atoms with Gasteiger partial charge in [-0.15, -0.1) is 5.10 Å². The summed E-state index contributed by atoms with van der Waals surface area (Å²) in [6.45, 7) is 1.74. The molecule has 0 saturated heterocycles. The summed E-state index contributed by atoms with van der Waals surface area (Å²) in [7, 11) is 4.14. The van der Waals surface area contributed by atoms with Crippen LogP contribution in [0.1, 0.15) is 11.7 Å². The minimum Gasteiger partial charge on any atom is -0.308 e. The molecule has 1 atom stereocenters. The quantitative estimate of drug-likeness (QED) is 0.502. The topological polar surface area (TPSA) is 71.8 Å². The Morgan fingerprint density at radius 1 is 1.03 bits per heavy atom. The first-order chi connectivity index (χ1) is 15.2. The van der Waals surface area contributed by atoms with E-state index >= 15 is 0 Å². The summed E-state index contributed by atoms with van der Waals surface area (Å²) in [6.07, 6.45) is 5.34. The van der Waals surface area contributed by atoms with Crippen molar-refractivity contribution in [3.05, 3.63) is 72.7 Å². The largest absolute Gasteiger partial charge is 0.308 e. The zero-order valence-electron chi connectivity index (χ0n) is 17.4. The molecule has 1 N–H and O–H groups in total. The van der Waals surface area contributed by atoms with Crippen molar-refractivity contribution in [1.29, 1.82) is 0 Å². The van der Waals surface area contributed by atoms with E-state index in [1.165, 1.54) is 0 Å². The van der Waals surface area contributed by atoms with Crippen molar-refractivity contribution in [2.75, 3.05) is 27.2 Å². The Balaban J connectivity index is 1.55. The summed E-state index contributed by atoms with van der Waals surface area (Å²) in [5, 5.41) is 10.3. The van der Waals surface area contributed by atoms with Crippen LogP contribution in [0.4, 0.5) is 0 Å². The van der Waals surface area contributed by atoms with E-state index in [9.17, 15) is 0 Å². The van der Waals surface area contributed by atoms with Gasteiger partial charge in [0.05, 0.1) is 0 Å². The van der Waals surface area contributed by atoms with Crippen molar-refractivity contribution in [1.82, 2.24) is 34.9 Å². The average molecular weight is 430 g/mol. The van der Waals surface area contributed by atoms with Gasteiger partial charge in [-0.3, -0.25) is 10.3 Å². The normalized spacial score (nSPS) is 15.0. The van der Waals surface area contributed by atoms with Gasteiger partial charge in [0, 0.05) is 48.4 Å². The van der Waals surface area contributed by atoms with Crippen LogP contribution >= 0.6 is 11.8 Å². The number of nitrogens with one attached hydrogen (secondary N) is 1. The van der Waals surface area contributed by atoms with E-state index in [4.69, 9.17) is 15.1 Å². The van der Waals surface area contributed by atoms with Gasteiger partial charge in [-0.2, -0.15) is 0 Å². The molecule has 7 nitrogen and oxygen atoms in total. The van der Waals surface area contributed by atoms with Gasteiger partial charge in [0.1, 0.15) is 11.2 Å². The van der Waals surface area contributed by atoms with Gasteiger partial charge in [0.2, 0.25) is 0 Å². The van der Waals surface area contributed by atoms with Crippen LogP contribution in [-0.4, -0.2) is 56.8 Å². The summed E-state index contributed by atoms with van der Waals surface area (Å²) in [5.74, 6) is 0.672. The Bertz CT molecular complexity index is 1180. The van der Waals surface area contributed by atoms with Gasteiger partial charge in [-0.25, -0.2) is 14.6 Å². The highest BCUT2D eigenvalue weighted by Crippen LogP contribution is 2.40. The molecule has 31 heavy (non-hydrogen) atoms. The Morgan fingerprint density at radius 3 is 2.65 bits per heavy atom. The minimum absolute atomic E-state index is 0.139. The van der Waals surface area contributed by atoms with E-state index in [2.05, 4.69) is 47.5 Å². The zero-order chi connectivity index (χ0) is 21.2. The molecular formula is C23H23N7S. The lowest BCUT2D eigenvalue weighted by Gasteiger charge is -2.27. The molecule has 1 aliphatic heterocycles. The molecule has 0 aliphatic carbocycles. The third-order valence-corrected chi connectivity index (χ3v) is 6.12. The van der Waals surface area contributed by atoms with Crippen LogP contribution in [0.3, 0.4) is 0 Å². The van der Waals surface area contributed by atoms with Crippen molar-refractivity contribution in [3.8, 4) is 22.5 Å². The number of pyridine rings is 2. The van der Waals surface area contributed by atoms with Gasteiger partial charge in [0.15, 0.2) is 11.0 Å². The third kappa shape index (κ3) is 4.10. The number of likely N-dealkylation sites (N-methyl/N-ethyl adjacent to an activating group) is 1. The molecule has 0 amide bonds. The molecule has 0 radical (unpaired) electrons. The fraction of sp³-hybridized carbons (Fsp3) is 0.217. The van der Waals surface area contributed by atoms with Gasteiger partial charge in [0.25, 0.3) is 0 Å². The van der Waals surface area contributed by atoms with Crippen molar-refractivity contribution in [2.24, 2.45) is 0 Å². The predicted octanol–water partition coefficient (Wildman–Crippen LogP) is 3.56. The second kappa shape index (κ2) is 8.58. The lowest BCUT2D eigenvalue weighted by atomic mass is 10.0. The van der Waals surface area contributed by atoms with E-state index in [0.29, 0.717) is 5.82 Å². The van der Waals surface area contributed by atoms with Crippen molar-refractivity contribution in [3.63, 3.8) is 0 Å². The maximum atomic E-state index is 4.84. The molecule has 1 aliphatic rings. The molecule has 0 bridgehead atoms. The molecule has 156 valence electrons. The summed E-state index contributed by atoms with van der Waals surface area (Å²) in [4.78, 5) is 15.9. The molecule has 1 aromatic carbocycles. The van der Waals surface area contributed by atoms with Crippen LogP contribution in [0, 0.1) is 0 Å². The predicted molar refractivity (Wildman–Crippen MR) is 122 cm³/mol. The second-order valence-electron chi connectivity index (χ2n) is 7.65. The van der Waals surface area contributed by atoms with E-state index in [1.807, 2.05) is 41.2 Å². The van der Waals surface area contributed by atoms with Gasteiger partial charge >= 0.3 is 0 Å². The standard InChI is InChI=1S/C23H23N7S/c1-29(2)12-11-25-21-19-13-18(16-7-4-3-5-8-16)15-26-22(19)31-23-27-20(28-30(21)23)17-9-6-10-24-14-17/h3-10,13-15,21,25H,11-12H2,1-2H3. The van der Waals surface area contributed by atoms with Crippen LogP contribution in [0.15, 0.2) is 77.3 Å². The Hall–Kier alpha value is -3.07. The number of nitrogens with zero attached hydrogens (tertiary/aromatic N) is 6. The molecule has 0 spiro atoms. The number of benzene rings is 1. The first-order valence-corrected chi connectivity index (χ1v) is 11.0. The fourth-order valence-corrected chi connectivity index (χ4v) is 4.48. The van der Waals surface area contributed by atoms with Crippen LogP contribution in [0.25, 0.3) is 22.5 Å². The molecule has 1 unspecified atom stereocenters. The number of fused-ring (bicyclic) bond motifs is 2. The number of hydrogen-bond donors (Lipinski definition) is 1. The summed E-state index contributed by atoms with van der Waals surface area (Å²) < 4.78 is 1.97. The zero-order valence-corrected chi connectivity index (χ0v) is 18.3. The maximum Gasteiger partial charge on any atom is 0.194 e. The summed E-state index contributed by atoms with van der Waals surface area (Å²) in [6, 6.07) is 16.4. The lowest BCUT2D eigenvalue weighted by Crippen LogP contribution is -2.36. The van der Waals surface area contributed by atoms with Crippen molar-refractivity contribution < 1.29 is 0 Å². The third-order valence-electron chi connectivity index (χ3n) is 5.13. The smallest absolute Gasteiger partial charge is 0.194 e. The maximum absolute atomic E-state index is 4.84. The van der Waals surface area contributed by atoms with Crippen LogP contribution in [-0.2, 0) is 0 Å². The monoisotopic (exact) mass is 429 g/mol. The molecule has 8 heteroatoms. The minimum atomic E-state index is -0.139. The van der Waals surface area contributed by atoms with Crippen molar-refractivity contribution >= 4 is 11.8 Å². The highest BCUT2D eigenvalue weighted by atomic mass is 32.2.